The van der Waals surface area contributed by atoms with E-state index in [0.29, 0.717) is 37.9 Å². The van der Waals surface area contributed by atoms with Gasteiger partial charge in [0.1, 0.15) is 0 Å². The lowest BCUT2D eigenvalue weighted by Crippen LogP contribution is -2.15. The molecule has 0 saturated heterocycles. The van der Waals surface area contributed by atoms with Gasteiger partial charge in [-0.2, -0.15) is 0 Å². The third kappa shape index (κ3) is 12.4. The van der Waals surface area contributed by atoms with Crippen molar-refractivity contribution in [3.05, 3.63) is 0 Å². The molecule has 0 saturated carbocycles. The predicted molar refractivity (Wildman–Crippen MR) is 83.9 cm³/mol. The molecule has 0 aliphatic heterocycles. The first kappa shape index (κ1) is 19.9. The van der Waals surface area contributed by atoms with Crippen LogP contribution in [0.5, 0.6) is 0 Å². The average molecular weight is 300 g/mol. The second-order valence-electron chi connectivity index (χ2n) is 6.06. The molecule has 0 aromatic heterocycles. The summed E-state index contributed by atoms with van der Waals surface area (Å²) >= 11 is 0. The second-order valence-corrected chi connectivity index (χ2v) is 6.06. The van der Waals surface area contributed by atoms with Crippen molar-refractivity contribution in [3.63, 3.8) is 0 Å². The molecule has 4 heteroatoms. The Morgan fingerprint density at radius 2 is 1.33 bits per heavy atom. The molecule has 21 heavy (non-hydrogen) atoms. The Morgan fingerprint density at radius 1 is 0.857 bits per heavy atom. The SMILES string of the molecule is CCCC(CCC)COC(=O)CCCC(=O)OCC(C)C. The fraction of sp³-hybridized carbons (Fsp3) is 0.882. The van der Waals surface area contributed by atoms with Gasteiger partial charge in [-0.25, -0.2) is 0 Å². The van der Waals surface area contributed by atoms with Crippen molar-refractivity contribution in [1.29, 1.82) is 0 Å². The summed E-state index contributed by atoms with van der Waals surface area (Å²) in [6, 6.07) is 0. The zero-order valence-electron chi connectivity index (χ0n) is 14.2. The third-order valence-corrected chi connectivity index (χ3v) is 3.21. The Bertz CT molecular complexity index is 281. The highest BCUT2D eigenvalue weighted by molar-refractivity contribution is 5.72. The standard InChI is InChI=1S/C17H32O4/c1-5-8-15(9-6-2)13-21-17(19)11-7-10-16(18)20-12-14(3)4/h14-15H,5-13H2,1-4H3. The normalized spacial score (nSPS) is 11.0. The second kappa shape index (κ2) is 12.7. The van der Waals surface area contributed by atoms with E-state index in [4.69, 9.17) is 9.47 Å². The molecular formula is C17H32O4. The summed E-state index contributed by atoms with van der Waals surface area (Å²) < 4.78 is 10.4. The molecule has 0 aliphatic carbocycles. The van der Waals surface area contributed by atoms with Crippen molar-refractivity contribution >= 4 is 11.9 Å². The summed E-state index contributed by atoms with van der Waals surface area (Å²) in [5.41, 5.74) is 0. The lowest BCUT2D eigenvalue weighted by molar-refractivity contribution is -0.146. The van der Waals surface area contributed by atoms with E-state index in [0.717, 1.165) is 25.7 Å². The third-order valence-electron chi connectivity index (χ3n) is 3.21. The van der Waals surface area contributed by atoms with Gasteiger partial charge in [0.2, 0.25) is 0 Å². The van der Waals surface area contributed by atoms with Crippen molar-refractivity contribution in [2.75, 3.05) is 13.2 Å². The Balaban J connectivity index is 3.72. The maximum atomic E-state index is 11.6. The topological polar surface area (TPSA) is 52.6 Å². The molecule has 0 aliphatic rings. The van der Waals surface area contributed by atoms with Crippen molar-refractivity contribution in [2.24, 2.45) is 11.8 Å². The summed E-state index contributed by atoms with van der Waals surface area (Å²) in [5, 5.41) is 0. The highest BCUT2D eigenvalue weighted by Gasteiger charge is 2.12. The molecule has 0 atom stereocenters. The molecule has 0 aromatic carbocycles. The highest BCUT2D eigenvalue weighted by atomic mass is 16.5. The summed E-state index contributed by atoms with van der Waals surface area (Å²) in [6.07, 6.45) is 5.51. The molecule has 0 spiro atoms. The van der Waals surface area contributed by atoms with Crippen molar-refractivity contribution in [3.8, 4) is 0 Å². The molecule has 0 unspecified atom stereocenters. The minimum Gasteiger partial charge on any atom is -0.465 e. The van der Waals surface area contributed by atoms with Gasteiger partial charge in [0, 0.05) is 12.8 Å². The van der Waals surface area contributed by atoms with E-state index >= 15 is 0 Å². The Morgan fingerprint density at radius 3 is 1.76 bits per heavy atom. The number of hydrogen-bond acceptors (Lipinski definition) is 4. The molecular weight excluding hydrogens is 268 g/mol. The van der Waals surface area contributed by atoms with Gasteiger partial charge in [0.05, 0.1) is 13.2 Å². The Hall–Kier alpha value is -1.06. The number of rotatable bonds is 12. The molecule has 0 N–H and O–H groups in total. The summed E-state index contributed by atoms with van der Waals surface area (Å²) in [7, 11) is 0. The van der Waals surface area contributed by atoms with Gasteiger partial charge >= 0.3 is 11.9 Å². The van der Waals surface area contributed by atoms with E-state index in [1.807, 2.05) is 13.8 Å². The van der Waals surface area contributed by atoms with Crippen LogP contribution in [0.3, 0.4) is 0 Å². The number of carbonyl (C=O) groups excluding carboxylic acids is 2. The summed E-state index contributed by atoms with van der Waals surface area (Å²) in [4.78, 5) is 23.0. The van der Waals surface area contributed by atoms with Gasteiger partial charge in [-0.15, -0.1) is 0 Å². The first-order chi connectivity index (χ1) is 9.99. The van der Waals surface area contributed by atoms with Crippen LogP contribution in [0.25, 0.3) is 0 Å². The van der Waals surface area contributed by atoms with Gasteiger partial charge in [0.25, 0.3) is 0 Å². The molecule has 0 bridgehead atoms. The fourth-order valence-electron chi connectivity index (χ4n) is 2.12. The zero-order valence-corrected chi connectivity index (χ0v) is 14.2. The molecule has 0 aromatic rings. The van der Waals surface area contributed by atoms with Crippen LogP contribution >= 0.6 is 0 Å². The molecule has 124 valence electrons. The van der Waals surface area contributed by atoms with Crippen LogP contribution < -0.4 is 0 Å². The van der Waals surface area contributed by atoms with Crippen LogP contribution in [0.15, 0.2) is 0 Å². The van der Waals surface area contributed by atoms with Crippen LogP contribution in [0.2, 0.25) is 0 Å². The van der Waals surface area contributed by atoms with Crippen LogP contribution in [-0.4, -0.2) is 25.2 Å². The van der Waals surface area contributed by atoms with E-state index in [-0.39, 0.29) is 18.4 Å². The van der Waals surface area contributed by atoms with Crippen LogP contribution in [0.4, 0.5) is 0 Å². The average Bonchev–Trinajstić information content (AvgIpc) is 2.43. The molecule has 0 heterocycles. The van der Waals surface area contributed by atoms with E-state index in [1.54, 1.807) is 0 Å². The Labute approximate surface area is 129 Å². The van der Waals surface area contributed by atoms with Gasteiger partial charge in [0.15, 0.2) is 0 Å². The van der Waals surface area contributed by atoms with Crippen LogP contribution in [0.1, 0.15) is 72.6 Å². The number of ether oxygens (including phenoxy) is 2. The number of esters is 2. The molecule has 4 nitrogen and oxygen atoms in total. The highest BCUT2D eigenvalue weighted by Crippen LogP contribution is 2.14. The molecule has 0 rings (SSSR count). The minimum absolute atomic E-state index is 0.205. The van der Waals surface area contributed by atoms with E-state index in [1.165, 1.54) is 0 Å². The summed E-state index contributed by atoms with van der Waals surface area (Å²) in [6.45, 7) is 9.24. The first-order valence-corrected chi connectivity index (χ1v) is 8.30. The van der Waals surface area contributed by atoms with Crippen LogP contribution in [-0.2, 0) is 19.1 Å². The van der Waals surface area contributed by atoms with Crippen molar-refractivity contribution in [2.45, 2.75) is 72.6 Å². The minimum atomic E-state index is -0.230. The van der Waals surface area contributed by atoms with Gasteiger partial charge in [-0.1, -0.05) is 40.5 Å². The quantitative estimate of drug-likeness (QED) is 0.509. The number of carbonyl (C=O) groups is 2. The van der Waals surface area contributed by atoms with E-state index in [2.05, 4.69) is 13.8 Å². The molecule has 0 radical (unpaired) electrons. The smallest absolute Gasteiger partial charge is 0.305 e. The van der Waals surface area contributed by atoms with E-state index < -0.39 is 0 Å². The van der Waals surface area contributed by atoms with Gasteiger partial charge in [-0.05, 0) is 31.1 Å². The van der Waals surface area contributed by atoms with E-state index in [9.17, 15) is 9.59 Å². The largest absolute Gasteiger partial charge is 0.465 e. The number of hydrogen-bond donors (Lipinski definition) is 0. The maximum Gasteiger partial charge on any atom is 0.305 e. The van der Waals surface area contributed by atoms with Crippen LogP contribution in [0, 0.1) is 11.8 Å². The fourth-order valence-corrected chi connectivity index (χ4v) is 2.12. The predicted octanol–water partition coefficient (Wildman–Crippen LogP) is 4.12. The molecule has 0 fully saturated rings. The Kier molecular flexibility index (Phi) is 12.0. The molecule has 0 amide bonds. The maximum absolute atomic E-state index is 11.6. The summed E-state index contributed by atoms with van der Waals surface area (Å²) in [5.74, 6) is 0.378. The monoisotopic (exact) mass is 300 g/mol. The lowest BCUT2D eigenvalue weighted by Gasteiger charge is -2.15. The lowest BCUT2D eigenvalue weighted by atomic mass is 9.99. The van der Waals surface area contributed by atoms with Crippen molar-refractivity contribution < 1.29 is 19.1 Å². The zero-order chi connectivity index (χ0) is 16.1. The van der Waals surface area contributed by atoms with Gasteiger partial charge < -0.3 is 9.47 Å². The van der Waals surface area contributed by atoms with Gasteiger partial charge in [-0.3, -0.25) is 9.59 Å². The van der Waals surface area contributed by atoms with Crippen molar-refractivity contribution in [1.82, 2.24) is 0 Å². The first-order valence-electron chi connectivity index (χ1n) is 8.30.